The van der Waals surface area contributed by atoms with Gasteiger partial charge < -0.3 is 9.68 Å². The molecule has 1 aliphatic rings. The minimum absolute atomic E-state index is 0.448. The molecule has 0 fully saturated rings. The molecule has 1 radical (unpaired) electrons. The van der Waals surface area contributed by atoms with Crippen LogP contribution in [0.15, 0.2) is 48.5 Å². The number of benzene rings is 2. The molecule has 87 valence electrons. The maximum absolute atomic E-state index is 8.79. The van der Waals surface area contributed by atoms with Gasteiger partial charge in [0.05, 0.1) is 0 Å². The minimum Gasteiger partial charge on any atom is -0.537 e. The fraction of sp³-hybridized carbons (Fsp3) is 0.143. The first-order valence-corrected chi connectivity index (χ1v) is 6.19. The Morgan fingerprint density at radius 3 is 2.67 bits per heavy atom. The van der Waals surface area contributed by atoms with E-state index in [0.717, 1.165) is 26.2 Å². The van der Waals surface area contributed by atoms with Crippen molar-refractivity contribution in [1.82, 2.24) is 0 Å². The third-order valence-electron chi connectivity index (χ3n) is 3.61. The topological polar surface area (TPSA) is 29.5 Å². The quantitative estimate of drug-likeness (QED) is 0.795. The molecule has 1 N–H and O–H groups in total. The van der Waals surface area contributed by atoms with Gasteiger partial charge in [0.25, 0.3) is 0 Å². The molecular formula is C14H13B2O2. The predicted molar refractivity (Wildman–Crippen MR) is 75.0 cm³/mol. The molecule has 2 nitrogen and oxygen atoms in total. The molecular weight excluding hydrogens is 222 g/mol. The number of rotatable bonds is 3. The van der Waals surface area contributed by atoms with Crippen LogP contribution in [0.1, 0.15) is 5.56 Å². The second kappa shape index (κ2) is 4.91. The van der Waals surface area contributed by atoms with Crippen LogP contribution in [0.3, 0.4) is 0 Å². The fourth-order valence-electron chi connectivity index (χ4n) is 2.82. The van der Waals surface area contributed by atoms with E-state index in [-0.39, 0.29) is 0 Å². The summed E-state index contributed by atoms with van der Waals surface area (Å²) in [6.45, 7) is 0.448. The summed E-state index contributed by atoms with van der Waals surface area (Å²) < 4.78 is 5.16. The van der Waals surface area contributed by atoms with E-state index in [1.54, 1.807) is 0 Å². The molecule has 1 heterocycles. The van der Waals surface area contributed by atoms with Crippen LogP contribution in [0, 0.1) is 0 Å². The Bertz CT molecular complexity index is 543. The summed E-state index contributed by atoms with van der Waals surface area (Å²) in [4.78, 5) is 0. The van der Waals surface area contributed by atoms with Crippen molar-refractivity contribution in [2.75, 3.05) is 0 Å². The fourth-order valence-corrected chi connectivity index (χ4v) is 2.82. The summed E-state index contributed by atoms with van der Waals surface area (Å²) in [6.07, 6.45) is 2.10. The van der Waals surface area contributed by atoms with Crippen LogP contribution in [-0.2, 0) is 6.42 Å². The van der Waals surface area contributed by atoms with E-state index in [1.807, 2.05) is 18.2 Å². The molecule has 0 aliphatic carbocycles. The van der Waals surface area contributed by atoms with Gasteiger partial charge in [-0.25, -0.2) is 0 Å². The van der Waals surface area contributed by atoms with E-state index >= 15 is 0 Å². The third kappa shape index (κ3) is 1.93. The van der Waals surface area contributed by atoms with Gasteiger partial charge in [-0.1, -0.05) is 59.7 Å². The predicted octanol–water partition coefficient (Wildman–Crippen LogP) is 0.757. The van der Waals surface area contributed by atoms with E-state index < -0.39 is 0 Å². The van der Waals surface area contributed by atoms with Crippen LogP contribution in [0.5, 0.6) is 5.75 Å². The first-order valence-electron chi connectivity index (χ1n) is 6.19. The average molecular weight is 235 g/mol. The molecule has 0 unspecified atom stereocenters. The first kappa shape index (κ1) is 11.4. The van der Waals surface area contributed by atoms with E-state index in [4.69, 9.17) is 9.68 Å². The second-order valence-electron chi connectivity index (χ2n) is 4.55. The SMILES string of the molecule is O[B]Oc1cccc2c1CCB2c1ccccc1. The van der Waals surface area contributed by atoms with E-state index in [0.29, 0.717) is 6.71 Å². The van der Waals surface area contributed by atoms with Crippen molar-refractivity contribution in [3.8, 4) is 5.75 Å². The zero-order valence-corrected chi connectivity index (χ0v) is 10.0. The lowest BCUT2D eigenvalue weighted by Gasteiger charge is -2.11. The van der Waals surface area contributed by atoms with Crippen LogP contribution < -0.4 is 15.6 Å². The Morgan fingerprint density at radius 1 is 1.06 bits per heavy atom. The molecule has 3 rings (SSSR count). The van der Waals surface area contributed by atoms with Gasteiger partial charge in [0.1, 0.15) is 5.75 Å². The summed E-state index contributed by atoms with van der Waals surface area (Å²) in [7, 11) is 0.755. The van der Waals surface area contributed by atoms with Gasteiger partial charge in [0, 0.05) is 0 Å². The maximum Gasteiger partial charge on any atom is 0.569 e. The second-order valence-corrected chi connectivity index (χ2v) is 4.55. The number of hydrogen-bond acceptors (Lipinski definition) is 2. The average Bonchev–Trinajstić information content (AvgIpc) is 2.85. The summed E-state index contributed by atoms with van der Waals surface area (Å²) in [5.74, 6) is 0.772. The lowest BCUT2D eigenvalue weighted by Crippen LogP contribution is -2.39. The van der Waals surface area contributed by atoms with Crippen molar-refractivity contribution in [2.45, 2.75) is 12.7 Å². The standard InChI is InChI=1S/C14H13B2O2/c17-15-18-14-8-4-7-13-12(14)9-10-16(13)11-5-2-1-3-6-11/h1-8,17H,9-10H2. The largest absolute Gasteiger partial charge is 0.569 e. The smallest absolute Gasteiger partial charge is 0.537 e. The maximum atomic E-state index is 8.79. The van der Waals surface area contributed by atoms with Crippen molar-refractivity contribution in [1.29, 1.82) is 0 Å². The van der Waals surface area contributed by atoms with Gasteiger partial charge in [0.2, 0.25) is 6.71 Å². The highest BCUT2D eigenvalue weighted by molar-refractivity contribution is 6.86. The summed E-state index contributed by atoms with van der Waals surface area (Å²) in [6, 6.07) is 16.6. The number of hydrogen-bond donors (Lipinski definition) is 1. The zero-order chi connectivity index (χ0) is 12.4. The van der Waals surface area contributed by atoms with Gasteiger partial charge in [-0.3, -0.25) is 0 Å². The van der Waals surface area contributed by atoms with Gasteiger partial charge in [-0.05, 0) is 18.1 Å². The van der Waals surface area contributed by atoms with Gasteiger partial charge >= 0.3 is 7.69 Å². The van der Waals surface area contributed by atoms with Crippen molar-refractivity contribution in [3.63, 3.8) is 0 Å². The molecule has 4 heteroatoms. The number of fused-ring (bicyclic) bond motifs is 1. The van der Waals surface area contributed by atoms with Crippen molar-refractivity contribution in [2.24, 2.45) is 0 Å². The highest BCUT2D eigenvalue weighted by Crippen LogP contribution is 2.24. The van der Waals surface area contributed by atoms with E-state index in [9.17, 15) is 0 Å². The van der Waals surface area contributed by atoms with Crippen LogP contribution in [0.4, 0.5) is 0 Å². The Hall–Kier alpha value is -1.67. The van der Waals surface area contributed by atoms with Crippen LogP contribution >= 0.6 is 0 Å². The summed E-state index contributed by atoms with van der Waals surface area (Å²) in [5, 5.41) is 8.79. The Morgan fingerprint density at radius 2 is 1.89 bits per heavy atom. The highest BCUT2D eigenvalue weighted by atomic mass is 16.5. The molecule has 0 aromatic heterocycles. The van der Waals surface area contributed by atoms with Crippen LogP contribution in [0.2, 0.25) is 6.32 Å². The molecule has 0 amide bonds. The monoisotopic (exact) mass is 235 g/mol. The molecule has 0 bridgehead atoms. The Kier molecular flexibility index (Phi) is 3.11. The molecule has 2 aromatic rings. The summed E-state index contributed by atoms with van der Waals surface area (Å²) in [5.41, 5.74) is 3.89. The van der Waals surface area contributed by atoms with Gasteiger partial charge in [-0.15, -0.1) is 0 Å². The molecule has 18 heavy (non-hydrogen) atoms. The molecule has 0 saturated carbocycles. The highest BCUT2D eigenvalue weighted by Gasteiger charge is 2.29. The Balaban J connectivity index is 2.00. The minimum atomic E-state index is 0.448. The lowest BCUT2D eigenvalue weighted by atomic mass is 9.41. The van der Waals surface area contributed by atoms with Gasteiger partial charge in [-0.2, -0.15) is 0 Å². The van der Waals surface area contributed by atoms with Crippen molar-refractivity contribution >= 4 is 25.3 Å². The summed E-state index contributed by atoms with van der Waals surface area (Å²) >= 11 is 0. The third-order valence-corrected chi connectivity index (χ3v) is 3.61. The first-order chi connectivity index (χ1) is 8.90. The van der Waals surface area contributed by atoms with Crippen molar-refractivity contribution in [3.05, 3.63) is 54.1 Å². The lowest BCUT2D eigenvalue weighted by molar-refractivity contribution is 0.451. The molecule has 0 saturated heterocycles. The van der Waals surface area contributed by atoms with Crippen LogP contribution in [-0.4, -0.2) is 19.4 Å². The van der Waals surface area contributed by atoms with Crippen LogP contribution in [0.25, 0.3) is 0 Å². The van der Waals surface area contributed by atoms with Crippen molar-refractivity contribution < 1.29 is 9.68 Å². The van der Waals surface area contributed by atoms with E-state index in [1.165, 1.54) is 16.5 Å². The molecule has 0 spiro atoms. The normalized spacial score (nSPS) is 13.3. The van der Waals surface area contributed by atoms with E-state index in [2.05, 4.69) is 30.3 Å². The zero-order valence-electron chi connectivity index (χ0n) is 10.0. The molecule has 2 aromatic carbocycles. The molecule has 0 atom stereocenters. The molecule has 1 aliphatic heterocycles. The Labute approximate surface area is 108 Å². The van der Waals surface area contributed by atoms with Gasteiger partial charge in [0.15, 0.2) is 0 Å².